The Morgan fingerprint density at radius 3 is 2.64 bits per heavy atom. The number of pyridine rings is 1. The third kappa shape index (κ3) is 1.48. The van der Waals surface area contributed by atoms with Crippen molar-refractivity contribution in [3.63, 3.8) is 0 Å². The third-order valence-electron chi connectivity index (χ3n) is 2.21. The van der Waals surface area contributed by atoms with E-state index in [2.05, 4.69) is 16.0 Å². The zero-order valence-electron chi connectivity index (χ0n) is 8.36. The predicted molar refractivity (Wildman–Crippen MR) is 60.5 cm³/mol. The summed E-state index contributed by atoms with van der Waals surface area (Å²) in [5.41, 5.74) is 7.71. The van der Waals surface area contributed by atoms with Crippen LogP contribution in [0.25, 0.3) is 10.9 Å². The predicted octanol–water partition coefficient (Wildman–Crippen LogP) is 1.88. The molecule has 72 valence electrons. The van der Waals surface area contributed by atoms with Gasteiger partial charge in [-0.25, -0.2) is 4.98 Å². The minimum atomic E-state index is 0.565. The van der Waals surface area contributed by atoms with E-state index in [1.807, 2.05) is 38.4 Å². The molecule has 1 heterocycles. The fourth-order valence-corrected chi connectivity index (χ4v) is 1.41. The van der Waals surface area contributed by atoms with Crippen molar-refractivity contribution in [3.05, 3.63) is 30.3 Å². The summed E-state index contributed by atoms with van der Waals surface area (Å²) in [5.74, 6) is 0.565. The van der Waals surface area contributed by atoms with E-state index >= 15 is 0 Å². The molecule has 0 aliphatic carbocycles. The van der Waals surface area contributed by atoms with Crippen molar-refractivity contribution in [2.45, 2.75) is 0 Å². The number of hydrogen-bond donors (Lipinski definition) is 1. The summed E-state index contributed by atoms with van der Waals surface area (Å²) in [6.45, 7) is 0. The van der Waals surface area contributed by atoms with Crippen LogP contribution < -0.4 is 10.6 Å². The maximum atomic E-state index is 5.60. The topological polar surface area (TPSA) is 42.2 Å². The average Bonchev–Trinajstić information content (AvgIpc) is 2.16. The molecule has 0 bridgehead atoms. The maximum Gasteiger partial charge on any atom is 0.124 e. The monoisotopic (exact) mass is 187 g/mol. The van der Waals surface area contributed by atoms with Crippen LogP contribution in [0.1, 0.15) is 0 Å². The number of anilines is 2. The molecule has 0 aliphatic rings. The minimum absolute atomic E-state index is 0.565. The summed E-state index contributed by atoms with van der Waals surface area (Å²) in [7, 11) is 4.04. The Bertz CT molecular complexity index is 463. The van der Waals surface area contributed by atoms with E-state index in [0.29, 0.717) is 5.82 Å². The third-order valence-corrected chi connectivity index (χ3v) is 2.21. The smallest absolute Gasteiger partial charge is 0.124 e. The van der Waals surface area contributed by atoms with E-state index in [9.17, 15) is 0 Å². The first-order valence-corrected chi connectivity index (χ1v) is 4.50. The van der Waals surface area contributed by atoms with Crippen LogP contribution in [0.5, 0.6) is 0 Å². The Balaban J connectivity index is 2.62. The molecule has 2 N–H and O–H groups in total. The Hall–Kier alpha value is -1.77. The number of hydrogen-bond acceptors (Lipinski definition) is 3. The zero-order valence-corrected chi connectivity index (χ0v) is 8.36. The highest BCUT2D eigenvalue weighted by molar-refractivity contribution is 5.83. The van der Waals surface area contributed by atoms with Crippen LogP contribution in [-0.4, -0.2) is 19.1 Å². The summed E-state index contributed by atoms with van der Waals surface area (Å²) in [6.07, 6.45) is 0. The van der Waals surface area contributed by atoms with Gasteiger partial charge in [-0.3, -0.25) is 0 Å². The molecule has 0 aliphatic heterocycles. The Morgan fingerprint density at radius 1 is 1.14 bits per heavy atom. The Labute approximate surface area is 83.2 Å². The van der Waals surface area contributed by atoms with Crippen molar-refractivity contribution in [3.8, 4) is 0 Å². The molecule has 0 amide bonds. The highest BCUT2D eigenvalue weighted by Crippen LogP contribution is 2.20. The second-order valence-corrected chi connectivity index (χ2v) is 3.51. The normalized spacial score (nSPS) is 10.4. The maximum absolute atomic E-state index is 5.60. The van der Waals surface area contributed by atoms with Crippen molar-refractivity contribution in [2.75, 3.05) is 24.7 Å². The minimum Gasteiger partial charge on any atom is -0.384 e. The van der Waals surface area contributed by atoms with Gasteiger partial charge in [0.05, 0.1) is 5.52 Å². The first-order valence-electron chi connectivity index (χ1n) is 4.50. The zero-order chi connectivity index (χ0) is 10.1. The van der Waals surface area contributed by atoms with Crippen LogP contribution in [0.15, 0.2) is 30.3 Å². The molecule has 0 radical (unpaired) electrons. The second-order valence-electron chi connectivity index (χ2n) is 3.51. The van der Waals surface area contributed by atoms with Gasteiger partial charge in [0.1, 0.15) is 5.82 Å². The molecule has 14 heavy (non-hydrogen) atoms. The highest BCUT2D eigenvalue weighted by Gasteiger charge is 1.99. The number of nitrogen functional groups attached to an aromatic ring is 1. The molecule has 0 unspecified atom stereocenters. The number of rotatable bonds is 1. The molecule has 0 saturated heterocycles. The molecule has 0 spiro atoms. The largest absolute Gasteiger partial charge is 0.384 e. The fourth-order valence-electron chi connectivity index (χ4n) is 1.41. The van der Waals surface area contributed by atoms with E-state index in [-0.39, 0.29) is 0 Å². The van der Waals surface area contributed by atoms with Crippen LogP contribution in [0, 0.1) is 0 Å². The van der Waals surface area contributed by atoms with Gasteiger partial charge in [0.15, 0.2) is 0 Å². The average molecular weight is 187 g/mol. The number of aromatic nitrogens is 1. The molecule has 0 fully saturated rings. The lowest BCUT2D eigenvalue weighted by atomic mass is 10.2. The molecule has 3 nitrogen and oxygen atoms in total. The number of nitrogens with zero attached hydrogens (tertiary/aromatic N) is 2. The van der Waals surface area contributed by atoms with E-state index in [1.54, 1.807) is 0 Å². The van der Waals surface area contributed by atoms with Crippen LogP contribution in [0.4, 0.5) is 11.5 Å². The molecule has 3 heteroatoms. The number of fused-ring (bicyclic) bond motifs is 1. The van der Waals surface area contributed by atoms with Crippen molar-refractivity contribution in [1.82, 2.24) is 4.98 Å². The summed E-state index contributed by atoms with van der Waals surface area (Å²) in [4.78, 5) is 6.30. The Kier molecular flexibility index (Phi) is 2.00. The van der Waals surface area contributed by atoms with Crippen LogP contribution in [0.2, 0.25) is 0 Å². The summed E-state index contributed by atoms with van der Waals surface area (Å²) >= 11 is 0. The van der Waals surface area contributed by atoms with E-state index in [1.165, 1.54) is 5.69 Å². The van der Waals surface area contributed by atoms with Crippen LogP contribution >= 0.6 is 0 Å². The first kappa shape index (κ1) is 8.81. The fraction of sp³-hybridized carbons (Fsp3) is 0.182. The molecule has 1 aromatic heterocycles. The van der Waals surface area contributed by atoms with Crippen molar-refractivity contribution < 1.29 is 0 Å². The van der Waals surface area contributed by atoms with Gasteiger partial charge >= 0.3 is 0 Å². The molecular formula is C11H13N3. The molecule has 2 rings (SSSR count). The number of benzene rings is 1. The van der Waals surface area contributed by atoms with Gasteiger partial charge in [-0.1, -0.05) is 0 Å². The first-order chi connectivity index (χ1) is 6.66. The van der Waals surface area contributed by atoms with Crippen LogP contribution in [0.3, 0.4) is 0 Å². The second kappa shape index (κ2) is 3.18. The molecule has 2 aromatic rings. The van der Waals surface area contributed by atoms with E-state index in [0.717, 1.165) is 10.9 Å². The van der Waals surface area contributed by atoms with Gasteiger partial charge in [-0.2, -0.15) is 0 Å². The van der Waals surface area contributed by atoms with Gasteiger partial charge in [0, 0.05) is 25.2 Å². The molecule has 0 saturated carbocycles. The van der Waals surface area contributed by atoms with Crippen LogP contribution in [-0.2, 0) is 0 Å². The summed E-state index contributed by atoms with van der Waals surface area (Å²) in [5, 5.41) is 1.12. The standard InChI is InChI=1S/C11H13N3/c1-14(2)9-4-5-10-8(7-9)3-6-11(12)13-10/h3-7H,1-2H3,(H2,12,13). The molecule has 1 aromatic carbocycles. The summed E-state index contributed by atoms with van der Waals surface area (Å²) in [6, 6.07) is 9.93. The molecule has 0 atom stereocenters. The highest BCUT2D eigenvalue weighted by atomic mass is 15.1. The van der Waals surface area contributed by atoms with Gasteiger partial charge < -0.3 is 10.6 Å². The summed E-state index contributed by atoms with van der Waals surface area (Å²) < 4.78 is 0. The lowest BCUT2D eigenvalue weighted by molar-refractivity contribution is 1.13. The molecular weight excluding hydrogens is 174 g/mol. The van der Waals surface area contributed by atoms with Crippen molar-refractivity contribution in [1.29, 1.82) is 0 Å². The van der Waals surface area contributed by atoms with E-state index < -0.39 is 0 Å². The van der Waals surface area contributed by atoms with Crippen molar-refractivity contribution >= 4 is 22.4 Å². The van der Waals surface area contributed by atoms with E-state index in [4.69, 9.17) is 5.73 Å². The lowest BCUT2D eigenvalue weighted by Crippen LogP contribution is -2.08. The van der Waals surface area contributed by atoms with Gasteiger partial charge in [-0.05, 0) is 30.3 Å². The van der Waals surface area contributed by atoms with Gasteiger partial charge in [-0.15, -0.1) is 0 Å². The lowest BCUT2D eigenvalue weighted by Gasteiger charge is -2.12. The van der Waals surface area contributed by atoms with Crippen molar-refractivity contribution in [2.24, 2.45) is 0 Å². The van der Waals surface area contributed by atoms with Gasteiger partial charge in [0.2, 0.25) is 0 Å². The quantitative estimate of drug-likeness (QED) is 0.741. The number of nitrogens with two attached hydrogens (primary N) is 1. The van der Waals surface area contributed by atoms with Gasteiger partial charge in [0.25, 0.3) is 0 Å². The SMILES string of the molecule is CN(C)c1ccc2nc(N)ccc2c1. The Morgan fingerprint density at radius 2 is 1.93 bits per heavy atom.